The number of halogens is 3. The summed E-state index contributed by atoms with van der Waals surface area (Å²) in [7, 11) is 1.92. The first-order valence-electron chi connectivity index (χ1n) is 25.9. The lowest BCUT2D eigenvalue weighted by Gasteiger charge is -2.36. The molecule has 31 heteroatoms. The number of primary amides is 1. The average Bonchev–Trinajstić information content (AvgIpc) is 3.02. The van der Waals surface area contributed by atoms with E-state index in [1.54, 1.807) is 54.7 Å². The molecule has 0 unspecified atom stereocenters. The number of phenolic OH excluding ortho intramolecular Hbond substituents is 1. The zero-order chi connectivity index (χ0) is 62.6. The van der Waals surface area contributed by atoms with E-state index in [9.17, 15) is 66.8 Å². The number of nitrogens with one attached hydrogen (secondary N) is 8. The van der Waals surface area contributed by atoms with Crippen LogP contribution in [0.1, 0.15) is 57.2 Å². The van der Waals surface area contributed by atoms with E-state index in [2.05, 4.69) is 47.2 Å². The fraction of sp³-hybridized carbons (Fsp3) is 0.434. The van der Waals surface area contributed by atoms with Crippen molar-refractivity contribution in [3.05, 3.63) is 102 Å². The van der Waals surface area contributed by atoms with Crippen molar-refractivity contribution in [1.82, 2.24) is 42.2 Å². The van der Waals surface area contributed by atoms with Crippen molar-refractivity contribution in [3.63, 3.8) is 0 Å². The Labute approximate surface area is 487 Å². The van der Waals surface area contributed by atoms with Crippen molar-refractivity contribution in [3.8, 4) is 5.75 Å². The number of aromatic nitrogens is 1. The van der Waals surface area contributed by atoms with Crippen LogP contribution in [0.2, 0.25) is 0 Å². The first-order valence-corrected chi connectivity index (χ1v) is 28.3. The third-order valence-electron chi connectivity index (χ3n) is 12.7. The monoisotopic (exact) mass is 1220 g/mol. The molecule has 5 rings (SSSR count). The minimum Gasteiger partial charge on any atom is -0.508 e. The molecule has 1 aromatic heterocycles. The molecule has 458 valence electrons. The number of amides is 8. The number of aliphatic hydroxyl groups excluding tert-OH is 2. The van der Waals surface area contributed by atoms with Gasteiger partial charge in [0.15, 0.2) is 5.96 Å². The quantitative estimate of drug-likeness (QED) is 0.0254. The maximum atomic E-state index is 14.9. The average molecular weight is 1220 g/mol. The molecule has 84 heavy (non-hydrogen) atoms. The molecule has 8 amide bonds. The van der Waals surface area contributed by atoms with Gasteiger partial charge in [-0.15, -0.1) is 0 Å². The van der Waals surface area contributed by atoms with Crippen LogP contribution >= 0.6 is 21.6 Å². The number of aliphatic carboxylic acids is 1. The highest BCUT2D eigenvalue weighted by molar-refractivity contribution is 8.77. The highest BCUT2D eigenvalue weighted by atomic mass is 33.1. The molecule has 2 heterocycles. The number of H-pyrrole nitrogens is 1. The summed E-state index contributed by atoms with van der Waals surface area (Å²) in [5.74, 6) is -10.9. The number of hydrogen-bond acceptors (Lipinski definition) is 16. The molecule has 1 fully saturated rings. The van der Waals surface area contributed by atoms with Crippen LogP contribution in [-0.2, 0) is 62.4 Å². The number of nitrogens with zero attached hydrogens (tertiary/aromatic N) is 1. The van der Waals surface area contributed by atoms with E-state index >= 15 is 0 Å². The van der Waals surface area contributed by atoms with Gasteiger partial charge < -0.3 is 85.6 Å². The third kappa shape index (κ3) is 21.2. The summed E-state index contributed by atoms with van der Waals surface area (Å²) in [6.07, 6.45) is -6.91. The second kappa shape index (κ2) is 31.5. The van der Waals surface area contributed by atoms with Crippen molar-refractivity contribution in [2.45, 2.75) is 131 Å². The summed E-state index contributed by atoms with van der Waals surface area (Å²) >= 11 is 0. The fourth-order valence-corrected chi connectivity index (χ4v) is 11.0. The molecule has 1 aliphatic heterocycles. The van der Waals surface area contributed by atoms with E-state index in [0.29, 0.717) is 22.0 Å². The van der Waals surface area contributed by atoms with Gasteiger partial charge in [0.05, 0.1) is 18.2 Å². The smallest absolute Gasteiger partial charge is 0.490 e. The number of aromatic amines is 1. The molecule has 0 radical (unpaired) electrons. The molecular formula is C53H70F3N13O13S2. The lowest BCUT2D eigenvalue weighted by Crippen LogP contribution is -2.65. The Balaban J connectivity index is 0.00000203. The van der Waals surface area contributed by atoms with Gasteiger partial charge in [-0.3, -0.25) is 43.3 Å². The van der Waals surface area contributed by atoms with E-state index in [0.717, 1.165) is 27.2 Å². The van der Waals surface area contributed by atoms with Crippen LogP contribution < -0.4 is 60.2 Å². The zero-order valence-electron chi connectivity index (χ0n) is 46.0. The van der Waals surface area contributed by atoms with Gasteiger partial charge in [-0.05, 0) is 81.8 Å². The van der Waals surface area contributed by atoms with E-state index < -0.39 is 125 Å². The lowest BCUT2D eigenvalue weighted by molar-refractivity contribution is -0.192. The number of hydrogen-bond donors (Lipinski definition) is 16. The summed E-state index contributed by atoms with van der Waals surface area (Å²) in [5.41, 5.74) is 25.5. The molecule has 26 nitrogen and oxygen atoms in total. The number of carboxylic acid groups (broad SMARTS) is 1. The highest BCUT2D eigenvalue weighted by Gasteiger charge is 2.43. The second-order valence-corrected chi connectivity index (χ2v) is 23.0. The van der Waals surface area contributed by atoms with E-state index in [4.69, 9.17) is 32.8 Å². The Morgan fingerprint density at radius 3 is 1.93 bits per heavy atom. The number of carbonyl (C=O) groups excluding carboxylic acids is 8. The summed E-state index contributed by atoms with van der Waals surface area (Å²) in [6, 6.07) is 9.79. The van der Waals surface area contributed by atoms with Gasteiger partial charge in [-0.1, -0.05) is 82.3 Å². The molecule has 3 aromatic carbocycles. The normalized spacial score (nSPS) is 21.6. The largest absolute Gasteiger partial charge is 0.508 e. The van der Waals surface area contributed by atoms with Crippen LogP contribution in [0.15, 0.2) is 90.1 Å². The van der Waals surface area contributed by atoms with Crippen LogP contribution in [0.3, 0.4) is 0 Å². The maximum Gasteiger partial charge on any atom is 0.490 e. The Bertz CT molecular complexity index is 2970. The Morgan fingerprint density at radius 1 is 0.774 bits per heavy atom. The Hall–Kier alpha value is -8.13. The van der Waals surface area contributed by atoms with Gasteiger partial charge in [0, 0.05) is 47.0 Å². The molecule has 20 N–H and O–H groups in total. The Morgan fingerprint density at radius 2 is 1.35 bits per heavy atom. The molecule has 1 aliphatic rings. The number of phenols is 1. The Kier molecular flexibility index (Phi) is 25.6. The van der Waals surface area contributed by atoms with E-state index in [1.165, 1.54) is 52.0 Å². The summed E-state index contributed by atoms with van der Waals surface area (Å²) in [4.78, 5) is 130. The SMILES string of the molecule is C[C@@H](O)[C@H](NC(=O)[C@H]1NC(=O)[C@H]([C@@H](C)O)NC(=O)[C@H](CCCN=C(N)N)NC(=O)[C@H](Cc2c[nH]c3ccccc23)NC(=O)[C@H](Cc2ccc(O)cc2)NC(=O)[C@@H](NC(=O)[C@@H](N)Cc2ccccc2)CSSC1(C)C)C(N)=O.O=C(O)C(F)(F)F. The van der Waals surface area contributed by atoms with Gasteiger partial charge >= 0.3 is 12.1 Å². The molecule has 1 saturated heterocycles. The number of alkyl halides is 3. The molecule has 0 spiro atoms. The highest BCUT2D eigenvalue weighted by Crippen LogP contribution is 2.39. The minimum absolute atomic E-state index is 0.00282. The molecular weight excluding hydrogens is 1150 g/mol. The van der Waals surface area contributed by atoms with Crippen LogP contribution in [-0.4, -0.2) is 168 Å². The number of aromatic hydroxyl groups is 1. The van der Waals surface area contributed by atoms with Crippen LogP contribution in [0, 0.1) is 0 Å². The van der Waals surface area contributed by atoms with Crippen LogP contribution in [0.4, 0.5) is 13.2 Å². The number of carboxylic acids is 1. The first kappa shape index (κ1) is 68.4. The van der Waals surface area contributed by atoms with Gasteiger partial charge in [-0.2, -0.15) is 13.2 Å². The van der Waals surface area contributed by atoms with Crippen LogP contribution in [0.5, 0.6) is 5.75 Å². The molecule has 10 atom stereocenters. The van der Waals surface area contributed by atoms with Crippen molar-refractivity contribution in [1.29, 1.82) is 0 Å². The van der Waals surface area contributed by atoms with Gasteiger partial charge in [0.1, 0.15) is 48.0 Å². The molecule has 0 bridgehead atoms. The molecule has 0 aliphatic carbocycles. The third-order valence-corrected chi connectivity index (χ3v) is 16.0. The van der Waals surface area contributed by atoms with Crippen molar-refractivity contribution < 1.29 is 76.7 Å². The van der Waals surface area contributed by atoms with Gasteiger partial charge in [-0.25, -0.2) is 4.79 Å². The summed E-state index contributed by atoms with van der Waals surface area (Å²) in [5, 5.41) is 57.8. The van der Waals surface area contributed by atoms with Gasteiger partial charge in [0.2, 0.25) is 47.3 Å². The standard InChI is InChI=1S/C51H69N13O11S2.C2HF3O2/c1-26(65)39(42(53)68)62-49(75)41-51(3,4)77-76-25-38(61-43(69)33(52)21-28-11-6-5-7-12-28)47(73)59-36(22-29-16-18-31(67)19-17-29)45(71)60-37(23-30-24-57-34-14-9-8-13-32(30)34)46(72)58-35(15-10-20-56-50(54)55)44(70)63-40(27(2)66)48(74)64-41;3-2(4,5)1(6)7/h5-9,11-14,16-19,24,26-27,33,35-41,57,65-67H,10,15,20-23,25,52H2,1-4H3,(H2,53,68)(H,58,72)(H,59,73)(H,60,71)(H,61,69)(H,62,75)(H,63,70)(H,64,74)(H4,54,55,56);(H,6,7)/t26-,27-,33+,35+,36+,37+,38+,39+,40+,41-;/m1./s1. The number of benzene rings is 3. The number of para-hydroxylation sites is 1. The minimum atomic E-state index is -5.08. The number of carbonyl (C=O) groups is 9. The molecule has 0 saturated carbocycles. The van der Waals surface area contributed by atoms with Crippen LogP contribution in [0.25, 0.3) is 10.9 Å². The topological polar surface area (TPSA) is 451 Å². The number of fused-ring (bicyclic) bond motifs is 1. The maximum absolute atomic E-state index is 14.9. The number of aliphatic imine (C=N–C) groups is 1. The zero-order valence-corrected chi connectivity index (χ0v) is 47.6. The number of nitrogens with two attached hydrogens (primary N) is 4. The number of rotatable bonds is 17. The van der Waals surface area contributed by atoms with Gasteiger partial charge in [0.25, 0.3) is 0 Å². The summed E-state index contributed by atoms with van der Waals surface area (Å²) < 4.78 is 30.3. The van der Waals surface area contributed by atoms with E-state index in [1.807, 2.05) is 6.07 Å². The number of guanidine groups is 1. The van der Waals surface area contributed by atoms with Crippen molar-refractivity contribution in [2.24, 2.45) is 27.9 Å². The van der Waals surface area contributed by atoms with Crippen molar-refractivity contribution >= 4 is 91.7 Å². The lowest BCUT2D eigenvalue weighted by atomic mass is 9.99. The van der Waals surface area contributed by atoms with E-state index in [-0.39, 0.29) is 56.1 Å². The second-order valence-electron chi connectivity index (χ2n) is 20.0. The molecule has 4 aromatic rings. The predicted molar refractivity (Wildman–Crippen MR) is 306 cm³/mol. The van der Waals surface area contributed by atoms with Crippen molar-refractivity contribution in [2.75, 3.05) is 12.3 Å². The first-order chi connectivity index (χ1) is 39.4. The fourth-order valence-electron chi connectivity index (χ4n) is 8.23. The number of aliphatic hydroxyl groups is 2. The summed E-state index contributed by atoms with van der Waals surface area (Å²) in [6.45, 7) is 5.45. The predicted octanol–water partition coefficient (Wildman–Crippen LogP) is -1.27.